The third-order valence-corrected chi connectivity index (χ3v) is 3.08. The number of aromatic nitrogens is 1. The van der Waals surface area contributed by atoms with Crippen molar-refractivity contribution in [3.8, 4) is 0 Å². The van der Waals surface area contributed by atoms with E-state index in [1.54, 1.807) is 0 Å². The molecule has 1 fully saturated rings. The van der Waals surface area contributed by atoms with Crippen LogP contribution in [0.2, 0.25) is 0 Å². The van der Waals surface area contributed by atoms with Gasteiger partial charge in [0.2, 0.25) is 0 Å². The largest absolute Gasteiger partial charge is 0.390 e. The van der Waals surface area contributed by atoms with Gasteiger partial charge in [-0.2, -0.15) is 0 Å². The van der Waals surface area contributed by atoms with Crippen molar-refractivity contribution < 1.29 is 5.11 Å². The number of rotatable bonds is 2. The van der Waals surface area contributed by atoms with Crippen LogP contribution in [0.15, 0.2) is 18.3 Å². The number of hydrogen-bond donors (Lipinski definition) is 1. The summed E-state index contributed by atoms with van der Waals surface area (Å²) < 4.78 is 0. The van der Waals surface area contributed by atoms with Crippen LogP contribution < -0.4 is 0 Å². The molecule has 1 aliphatic rings. The van der Waals surface area contributed by atoms with Crippen LogP contribution in [-0.4, -0.2) is 10.1 Å². The maximum Gasteiger partial charge on any atom is 0.0853 e. The molecule has 0 saturated heterocycles. The summed E-state index contributed by atoms with van der Waals surface area (Å²) in [6.07, 6.45) is 8.50. The van der Waals surface area contributed by atoms with Gasteiger partial charge in [-0.1, -0.05) is 19.3 Å². The zero-order valence-electron chi connectivity index (χ0n) is 8.45. The summed E-state index contributed by atoms with van der Waals surface area (Å²) in [5.74, 6) is 0.706. The molecular formula is C12H17NO. The molecular weight excluding hydrogens is 174 g/mol. The average Bonchev–Trinajstić information content (AvgIpc) is 2.30. The van der Waals surface area contributed by atoms with Gasteiger partial charge >= 0.3 is 0 Å². The van der Waals surface area contributed by atoms with Crippen LogP contribution in [-0.2, 0) is 6.61 Å². The summed E-state index contributed by atoms with van der Waals surface area (Å²) in [7, 11) is 0. The average molecular weight is 191 g/mol. The molecule has 14 heavy (non-hydrogen) atoms. The molecule has 2 nitrogen and oxygen atoms in total. The topological polar surface area (TPSA) is 33.1 Å². The third kappa shape index (κ3) is 2.13. The highest BCUT2D eigenvalue weighted by Crippen LogP contribution is 2.32. The van der Waals surface area contributed by atoms with Crippen LogP contribution in [0, 0.1) is 0 Å². The van der Waals surface area contributed by atoms with E-state index in [0.717, 1.165) is 5.69 Å². The van der Waals surface area contributed by atoms with Crippen LogP contribution in [0.5, 0.6) is 0 Å². The lowest BCUT2D eigenvalue weighted by atomic mass is 9.84. The van der Waals surface area contributed by atoms with E-state index in [-0.39, 0.29) is 6.61 Å². The Morgan fingerprint density at radius 2 is 2.07 bits per heavy atom. The van der Waals surface area contributed by atoms with Gasteiger partial charge < -0.3 is 5.11 Å². The molecule has 76 valence electrons. The Kier molecular flexibility index (Phi) is 3.14. The summed E-state index contributed by atoms with van der Waals surface area (Å²) in [5, 5.41) is 9.00. The van der Waals surface area contributed by atoms with E-state index >= 15 is 0 Å². The number of aliphatic hydroxyl groups excluding tert-OH is 1. The number of aliphatic hydroxyl groups is 1. The number of nitrogens with zero attached hydrogens (tertiary/aromatic N) is 1. The molecule has 0 atom stereocenters. The van der Waals surface area contributed by atoms with Crippen molar-refractivity contribution in [2.75, 3.05) is 0 Å². The van der Waals surface area contributed by atoms with Crippen LogP contribution in [0.25, 0.3) is 0 Å². The molecule has 2 heteroatoms. The van der Waals surface area contributed by atoms with Crippen LogP contribution in [0.3, 0.4) is 0 Å². The fourth-order valence-electron chi connectivity index (χ4n) is 2.27. The Morgan fingerprint density at radius 3 is 2.79 bits per heavy atom. The van der Waals surface area contributed by atoms with Gasteiger partial charge in [-0.25, -0.2) is 0 Å². The Labute approximate surface area is 85.0 Å². The first-order chi connectivity index (χ1) is 6.90. The summed E-state index contributed by atoms with van der Waals surface area (Å²) in [4.78, 5) is 4.10. The van der Waals surface area contributed by atoms with E-state index in [4.69, 9.17) is 5.11 Å². The van der Waals surface area contributed by atoms with Crippen molar-refractivity contribution >= 4 is 0 Å². The minimum absolute atomic E-state index is 0.0561. The molecule has 2 rings (SSSR count). The maximum absolute atomic E-state index is 9.00. The van der Waals surface area contributed by atoms with Gasteiger partial charge in [0.25, 0.3) is 0 Å². The predicted molar refractivity (Wildman–Crippen MR) is 56.0 cm³/mol. The zero-order valence-corrected chi connectivity index (χ0v) is 8.45. The van der Waals surface area contributed by atoms with Crippen molar-refractivity contribution in [2.45, 2.75) is 44.6 Å². The minimum Gasteiger partial charge on any atom is -0.390 e. The number of hydrogen-bond acceptors (Lipinski definition) is 2. The van der Waals surface area contributed by atoms with E-state index < -0.39 is 0 Å². The summed E-state index contributed by atoms with van der Waals surface area (Å²) in [6, 6.07) is 4.14. The van der Waals surface area contributed by atoms with Crippen molar-refractivity contribution in [1.82, 2.24) is 4.98 Å². The quantitative estimate of drug-likeness (QED) is 0.779. The molecule has 0 aromatic carbocycles. The van der Waals surface area contributed by atoms with Crippen LogP contribution >= 0.6 is 0 Å². The second-order valence-electron chi connectivity index (χ2n) is 4.07. The van der Waals surface area contributed by atoms with Crippen LogP contribution in [0.1, 0.15) is 49.3 Å². The maximum atomic E-state index is 9.00. The minimum atomic E-state index is 0.0561. The third-order valence-electron chi connectivity index (χ3n) is 3.08. The normalized spacial score (nSPS) is 18.4. The Morgan fingerprint density at radius 1 is 1.29 bits per heavy atom. The van der Waals surface area contributed by atoms with Crippen molar-refractivity contribution in [3.63, 3.8) is 0 Å². The summed E-state index contributed by atoms with van der Waals surface area (Å²) in [6.45, 7) is 0.0561. The first kappa shape index (κ1) is 9.66. The zero-order chi connectivity index (χ0) is 9.80. The molecule has 1 aliphatic carbocycles. The van der Waals surface area contributed by atoms with Gasteiger partial charge in [0.1, 0.15) is 0 Å². The molecule has 0 bridgehead atoms. The highest BCUT2D eigenvalue weighted by atomic mass is 16.3. The highest BCUT2D eigenvalue weighted by molar-refractivity contribution is 5.20. The van der Waals surface area contributed by atoms with Gasteiger partial charge in [-0.3, -0.25) is 4.98 Å². The molecule has 1 N–H and O–H groups in total. The first-order valence-electron chi connectivity index (χ1n) is 5.46. The van der Waals surface area contributed by atoms with Gasteiger partial charge in [0, 0.05) is 6.20 Å². The molecule has 0 radical (unpaired) electrons. The smallest absolute Gasteiger partial charge is 0.0853 e. The second kappa shape index (κ2) is 4.56. The SMILES string of the molecule is OCc1cc(C2CCCCC2)ccn1. The lowest BCUT2D eigenvalue weighted by Crippen LogP contribution is -2.05. The summed E-state index contributed by atoms with van der Waals surface area (Å²) >= 11 is 0. The van der Waals surface area contributed by atoms with E-state index in [0.29, 0.717) is 5.92 Å². The fourth-order valence-corrected chi connectivity index (χ4v) is 2.27. The number of pyridine rings is 1. The van der Waals surface area contributed by atoms with Crippen molar-refractivity contribution in [2.24, 2.45) is 0 Å². The standard InChI is InChI=1S/C12H17NO/c14-9-12-8-11(6-7-13-12)10-4-2-1-3-5-10/h6-8,10,14H,1-5,9H2. The van der Waals surface area contributed by atoms with E-state index in [1.807, 2.05) is 6.20 Å². The fraction of sp³-hybridized carbons (Fsp3) is 0.583. The molecule has 1 aromatic rings. The van der Waals surface area contributed by atoms with Gasteiger partial charge in [0.05, 0.1) is 12.3 Å². The van der Waals surface area contributed by atoms with Gasteiger partial charge in [-0.05, 0) is 36.5 Å². The highest BCUT2D eigenvalue weighted by Gasteiger charge is 2.15. The molecule has 0 spiro atoms. The van der Waals surface area contributed by atoms with Gasteiger partial charge in [-0.15, -0.1) is 0 Å². The van der Waals surface area contributed by atoms with Crippen LogP contribution in [0.4, 0.5) is 0 Å². The lowest BCUT2D eigenvalue weighted by Gasteiger charge is -2.21. The van der Waals surface area contributed by atoms with E-state index in [9.17, 15) is 0 Å². The predicted octanol–water partition coefficient (Wildman–Crippen LogP) is 2.62. The Bertz CT molecular complexity index is 292. The Balaban J connectivity index is 2.13. The summed E-state index contributed by atoms with van der Waals surface area (Å²) in [5.41, 5.74) is 2.16. The van der Waals surface area contributed by atoms with Gasteiger partial charge in [0.15, 0.2) is 0 Å². The molecule has 1 saturated carbocycles. The second-order valence-corrected chi connectivity index (χ2v) is 4.07. The molecule has 0 amide bonds. The molecule has 0 unspecified atom stereocenters. The lowest BCUT2D eigenvalue weighted by molar-refractivity contribution is 0.276. The van der Waals surface area contributed by atoms with E-state index in [2.05, 4.69) is 17.1 Å². The Hall–Kier alpha value is -0.890. The van der Waals surface area contributed by atoms with Crippen molar-refractivity contribution in [3.05, 3.63) is 29.6 Å². The first-order valence-corrected chi connectivity index (χ1v) is 5.46. The molecule has 1 heterocycles. The van der Waals surface area contributed by atoms with Crippen molar-refractivity contribution in [1.29, 1.82) is 0 Å². The van der Waals surface area contributed by atoms with E-state index in [1.165, 1.54) is 37.7 Å². The monoisotopic (exact) mass is 191 g/mol. The molecule has 1 aromatic heterocycles. The molecule has 0 aliphatic heterocycles.